The summed E-state index contributed by atoms with van der Waals surface area (Å²) in [5.74, 6) is 1.10. The maximum Gasteiger partial charge on any atom is 0.0122 e. The summed E-state index contributed by atoms with van der Waals surface area (Å²) in [6.45, 7) is 0. The summed E-state index contributed by atoms with van der Waals surface area (Å²) in [5.41, 5.74) is 2.97. The second kappa shape index (κ2) is 3.54. The summed E-state index contributed by atoms with van der Waals surface area (Å²) in [4.78, 5) is 0. The van der Waals surface area contributed by atoms with Crippen molar-refractivity contribution in [3.8, 4) is 0 Å². The molecule has 3 rings (SSSR count). The molecule has 0 amide bonds. The van der Waals surface area contributed by atoms with Crippen molar-refractivity contribution in [2.45, 2.75) is 12.3 Å². The van der Waals surface area contributed by atoms with E-state index in [1.165, 1.54) is 11.1 Å². The Labute approximate surface area is 90.6 Å². The number of hydrogen-bond acceptors (Lipinski definition) is 0. The van der Waals surface area contributed by atoms with Crippen molar-refractivity contribution < 1.29 is 0 Å². The number of fused-ring (bicyclic) bond motifs is 3. The lowest BCUT2D eigenvalue weighted by Crippen LogP contribution is -2.08. The molecule has 0 fully saturated rings. The minimum atomic E-state index is 0.546. The second-order valence-corrected chi connectivity index (χ2v) is 4.20. The van der Waals surface area contributed by atoms with Crippen LogP contribution in [0.4, 0.5) is 0 Å². The van der Waals surface area contributed by atoms with Crippen LogP contribution in [0.25, 0.3) is 0 Å². The van der Waals surface area contributed by atoms with E-state index in [9.17, 15) is 0 Å². The molecule has 2 aliphatic carbocycles. The largest absolute Gasteiger partial charge is 0.0835 e. The van der Waals surface area contributed by atoms with Gasteiger partial charge in [0.1, 0.15) is 0 Å². The zero-order valence-corrected chi connectivity index (χ0v) is 8.64. The molecule has 1 aromatic carbocycles. The molecule has 0 radical (unpaired) electrons. The molecule has 2 aliphatic rings. The zero-order chi connectivity index (χ0) is 10.1. The molecule has 0 aromatic heterocycles. The zero-order valence-electron chi connectivity index (χ0n) is 8.64. The van der Waals surface area contributed by atoms with Gasteiger partial charge in [-0.1, -0.05) is 60.7 Å². The van der Waals surface area contributed by atoms with Crippen molar-refractivity contribution in [1.29, 1.82) is 0 Å². The van der Waals surface area contributed by atoms with Crippen molar-refractivity contribution in [2.75, 3.05) is 0 Å². The Morgan fingerprint density at radius 2 is 1.80 bits per heavy atom. The highest BCUT2D eigenvalue weighted by atomic mass is 14.3. The van der Waals surface area contributed by atoms with Crippen LogP contribution in [0, 0.1) is 5.92 Å². The molecule has 0 spiro atoms. The topological polar surface area (TPSA) is 0 Å². The highest BCUT2D eigenvalue weighted by Crippen LogP contribution is 2.35. The third-order valence-corrected chi connectivity index (χ3v) is 3.29. The number of benzene rings is 1. The van der Waals surface area contributed by atoms with E-state index in [1.54, 1.807) is 0 Å². The van der Waals surface area contributed by atoms with Gasteiger partial charge in [-0.25, -0.2) is 0 Å². The van der Waals surface area contributed by atoms with Gasteiger partial charge < -0.3 is 0 Å². The molecule has 74 valence electrons. The minimum Gasteiger partial charge on any atom is -0.0835 e. The average molecular weight is 194 g/mol. The van der Waals surface area contributed by atoms with Gasteiger partial charge in [0, 0.05) is 11.8 Å². The van der Waals surface area contributed by atoms with E-state index in [4.69, 9.17) is 0 Å². The van der Waals surface area contributed by atoms with Crippen molar-refractivity contribution >= 4 is 0 Å². The van der Waals surface area contributed by atoms with E-state index in [1.807, 2.05) is 0 Å². The predicted molar refractivity (Wildman–Crippen MR) is 63.8 cm³/mol. The molecule has 15 heavy (non-hydrogen) atoms. The van der Waals surface area contributed by atoms with Crippen LogP contribution in [-0.2, 0) is 6.42 Å². The van der Waals surface area contributed by atoms with Crippen LogP contribution in [0.15, 0.2) is 60.7 Å². The standard InChI is InChI=1S/C15H14/c1-3-10-14-12(6-1)8-5-9-13-7-2-4-11-15(13)14/h1-8,10-12,14H,9H2. The Bertz CT molecular complexity index is 449. The molecule has 0 heteroatoms. The van der Waals surface area contributed by atoms with Gasteiger partial charge >= 0.3 is 0 Å². The van der Waals surface area contributed by atoms with Crippen molar-refractivity contribution in [3.05, 3.63) is 71.8 Å². The fourth-order valence-electron chi connectivity index (χ4n) is 2.52. The number of hydrogen-bond donors (Lipinski definition) is 0. The number of rotatable bonds is 0. The van der Waals surface area contributed by atoms with Crippen LogP contribution >= 0.6 is 0 Å². The van der Waals surface area contributed by atoms with Gasteiger partial charge in [0.05, 0.1) is 0 Å². The molecule has 2 atom stereocenters. The Balaban J connectivity index is 2.13. The first-order valence-electron chi connectivity index (χ1n) is 5.54. The van der Waals surface area contributed by atoms with Crippen LogP contribution in [0.1, 0.15) is 17.0 Å². The van der Waals surface area contributed by atoms with Crippen molar-refractivity contribution in [3.63, 3.8) is 0 Å². The molecule has 2 unspecified atom stereocenters. The van der Waals surface area contributed by atoms with E-state index in [-0.39, 0.29) is 0 Å². The van der Waals surface area contributed by atoms with Gasteiger partial charge in [0.2, 0.25) is 0 Å². The third-order valence-electron chi connectivity index (χ3n) is 3.29. The van der Waals surface area contributed by atoms with Gasteiger partial charge in [-0.2, -0.15) is 0 Å². The highest BCUT2D eigenvalue weighted by Gasteiger charge is 2.21. The van der Waals surface area contributed by atoms with E-state index in [0.717, 1.165) is 6.42 Å². The lowest BCUT2D eigenvalue weighted by molar-refractivity contribution is 0.701. The van der Waals surface area contributed by atoms with Gasteiger partial charge in [0.25, 0.3) is 0 Å². The molecular weight excluding hydrogens is 180 g/mol. The molecule has 0 nitrogen and oxygen atoms in total. The maximum atomic E-state index is 2.34. The van der Waals surface area contributed by atoms with Crippen LogP contribution in [0.2, 0.25) is 0 Å². The smallest absolute Gasteiger partial charge is 0.0122 e. The molecule has 0 N–H and O–H groups in total. The van der Waals surface area contributed by atoms with Crippen LogP contribution in [0.3, 0.4) is 0 Å². The molecular formula is C15H14. The summed E-state index contributed by atoms with van der Waals surface area (Å²) < 4.78 is 0. The van der Waals surface area contributed by atoms with Crippen molar-refractivity contribution in [1.82, 2.24) is 0 Å². The number of allylic oxidation sites excluding steroid dienone is 6. The van der Waals surface area contributed by atoms with Gasteiger partial charge in [0.15, 0.2) is 0 Å². The Morgan fingerprint density at radius 3 is 2.80 bits per heavy atom. The molecule has 0 heterocycles. The predicted octanol–water partition coefficient (Wildman–Crippen LogP) is 3.62. The fourth-order valence-corrected chi connectivity index (χ4v) is 2.52. The highest BCUT2D eigenvalue weighted by molar-refractivity contribution is 5.41. The lowest BCUT2D eigenvalue weighted by atomic mass is 9.82. The van der Waals surface area contributed by atoms with Crippen LogP contribution in [0.5, 0.6) is 0 Å². The van der Waals surface area contributed by atoms with Crippen LogP contribution in [-0.4, -0.2) is 0 Å². The molecule has 0 saturated carbocycles. The van der Waals surface area contributed by atoms with Crippen LogP contribution < -0.4 is 0 Å². The summed E-state index contributed by atoms with van der Waals surface area (Å²) in [6, 6.07) is 8.79. The first kappa shape index (κ1) is 8.72. The van der Waals surface area contributed by atoms with Gasteiger partial charge in [-0.15, -0.1) is 0 Å². The van der Waals surface area contributed by atoms with E-state index in [0.29, 0.717) is 11.8 Å². The lowest BCUT2D eigenvalue weighted by Gasteiger charge is -2.22. The molecule has 0 saturated heterocycles. The monoisotopic (exact) mass is 194 g/mol. The van der Waals surface area contributed by atoms with E-state index < -0.39 is 0 Å². The van der Waals surface area contributed by atoms with E-state index in [2.05, 4.69) is 60.7 Å². The molecule has 1 aromatic rings. The van der Waals surface area contributed by atoms with Gasteiger partial charge in [-0.05, 0) is 17.5 Å². The third kappa shape index (κ3) is 1.46. The summed E-state index contributed by atoms with van der Waals surface area (Å²) in [7, 11) is 0. The van der Waals surface area contributed by atoms with E-state index >= 15 is 0 Å². The first-order chi connectivity index (χ1) is 7.45. The maximum absolute atomic E-state index is 2.34. The first-order valence-corrected chi connectivity index (χ1v) is 5.54. The average Bonchev–Trinajstić information content (AvgIpc) is 2.48. The summed E-state index contributed by atoms with van der Waals surface area (Å²) in [5, 5.41) is 0. The quantitative estimate of drug-likeness (QED) is 0.553. The fraction of sp³-hybridized carbons (Fsp3) is 0.200. The minimum absolute atomic E-state index is 0.546. The van der Waals surface area contributed by atoms with Crippen molar-refractivity contribution in [2.24, 2.45) is 5.92 Å². The SMILES string of the molecule is C1=CC2C=CCc3ccccc3C2C=C1. The Kier molecular flexibility index (Phi) is 2.06. The van der Waals surface area contributed by atoms with Gasteiger partial charge in [-0.3, -0.25) is 0 Å². The summed E-state index contributed by atoms with van der Waals surface area (Å²) >= 11 is 0. The molecule has 0 aliphatic heterocycles. The Morgan fingerprint density at radius 1 is 0.933 bits per heavy atom. The molecule has 0 bridgehead atoms. The second-order valence-electron chi connectivity index (χ2n) is 4.20. The Hall–Kier alpha value is -1.56. The summed E-state index contributed by atoms with van der Waals surface area (Å²) in [6.07, 6.45) is 14.6. The normalized spacial score (nSPS) is 26.9.